The van der Waals surface area contributed by atoms with Gasteiger partial charge in [-0.15, -0.1) is 0 Å². The highest BCUT2D eigenvalue weighted by atomic mass is 32.2. The van der Waals surface area contributed by atoms with E-state index in [-0.39, 0.29) is 34.7 Å². The van der Waals surface area contributed by atoms with Gasteiger partial charge in [-0.3, -0.25) is 4.72 Å². The summed E-state index contributed by atoms with van der Waals surface area (Å²) in [5.74, 6) is 0. The van der Waals surface area contributed by atoms with Crippen LogP contribution < -0.4 is 10.0 Å². The number of hydrogen-bond donors (Lipinski definition) is 2. The molecule has 1 saturated heterocycles. The molecule has 0 bridgehead atoms. The van der Waals surface area contributed by atoms with Crippen LogP contribution in [0.15, 0.2) is 70.5 Å². The normalized spacial score (nSPS) is 15.2. The molecular weight excluding hydrogens is 514 g/mol. The molecular formula is C26H33N3O6S2. The van der Waals surface area contributed by atoms with E-state index in [2.05, 4.69) is 10.0 Å². The third kappa shape index (κ3) is 6.79. The first-order valence-corrected chi connectivity index (χ1v) is 15.2. The van der Waals surface area contributed by atoms with Gasteiger partial charge >= 0.3 is 0 Å². The van der Waals surface area contributed by atoms with Gasteiger partial charge in [0, 0.05) is 26.2 Å². The highest BCUT2D eigenvalue weighted by molar-refractivity contribution is 7.92. The summed E-state index contributed by atoms with van der Waals surface area (Å²) in [6.45, 7) is 6.12. The zero-order valence-electron chi connectivity index (χ0n) is 21.0. The number of nitrogens with one attached hydrogen (secondary N) is 2. The van der Waals surface area contributed by atoms with E-state index in [4.69, 9.17) is 9.47 Å². The molecule has 1 heterocycles. The Bertz CT molecular complexity index is 1440. The van der Waals surface area contributed by atoms with Crippen molar-refractivity contribution in [3.05, 3.63) is 60.7 Å². The molecule has 0 unspecified atom stereocenters. The van der Waals surface area contributed by atoms with Gasteiger partial charge in [0.15, 0.2) is 0 Å². The number of morpholine rings is 1. The zero-order valence-corrected chi connectivity index (χ0v) is 22.6. The van der Waals surface area contributed by atoms with Crippen molar-refractivity contribution in [2.45, 2.75) is 36.2 Å². The van der Waals surface area contributed by atoms with Crippen molar-refractivity contribution in [1.82, 2.24) is 4.31 Å². The number of ether oxygens (including phenoxy) is 2. The standard InChI is InChI=1S/C26H33N3O6S2/c1-20(2)35-15-5-12-27-25-11-10-24(37(32,33)29-13-16-34-17-14-29)19-26(25)28-36(30,31)23-9-8-21-6-3-4-7-22(21)18-23/h3-4,6-11,18-20,27-28H,5,12-17H2,1-2H3. The summed E-state index contributed by atoms with van der Waals surface area (Å²) in [6, 6.07) is 16.8. The topological polar surface area (TPSA) is 114 Å². The Labute approximate surface area is 218 Å². The van der Waals surface area contributed by atoms with Crippen molar-refractivity contribution in [3.63, 3.8) is 0 Å². The van der Waals surface area contributed by atoms with Crippen LogP contribution in [-0.2, 0) is 29.5 Å². The van der Waals surface area contributed by atoms with Crippen LogP contribution in [0.4, 0.5) is 11.4 Å². The van der Waals surface area contributed by atoms with Gasteiger partial charge < -0.3 is 14.8 Å². The molecule has 4 rings (SSSR count). The van der Waals surface area contributed by atoms with Gasteiger partial charge in [-0.2, -0.15) is 4.31 Å². The number of sulfonamides is 2. The number of fused-ring (bicyclic) bond motifs is 1. The zero-order chi connectivity index (χ0) is 26.5. The smallest absolute Gasteiger partial charge is 0.261 e. The van der Waals surface area contributed by atoms with Crippen LogP contribution in [-0.4, -0.2) is 66.7 Å². The van der Waals surface area contributed by atoms with E-state index >= 15 is 0 Å². The molecule has 37 heavy (non-hydrogen) atoms. The van der Waals surface area contributed by atoms with Crippen molar-refractivity contribution in [1.29, 1.82) is 0 Å². The van der Waals surface area contributed by atoms with Crippen LogP contribution >= 0.6 is 0 Å². The summed E-state index contributed by atoms with van der Waals surface area (Å²) in [6.07, 6.45) is 0.817. The molecule has 0 amide bonds. The highest BCUT2D eigenvalue weighted by Crippen LogP contribution is 2.30. The lowest BCUT2D eigenvalue weighted by Crippen LogP contribution is -2.40. The Morgan fingerprint density at radius 1 is 0.892 bits per heavy atom. The van der Waals surface area contributed by atoms with Crippen molar-refractivity contribution in [3.8, 4) is 0 Å². The molecule has 0 saturated carbocycles. The summed E-state index contributed by atoms with van der Waals surface area (Å²) < 4.78 is 68.1. The fraction of sp³-hybridized carbons (Fsp3) is 0.385. The Morgan fingerprint density at radius 2 is 1.59 bits per heavy atom. The van der Waals surface area contributed by atoms with E-state index in [0.29, 0.717) is 38.5 Å². The maximum absolute atomic E-state index is 13.4. The van der Waals surface area contributed by atoms with Gasteiger partial charge in [-0.05, 0) is 61.4 Å². The van der Waals surface area contributed by atoms with Crippen molar-refractivity contribution < 1.29 is 26.3 Å². The second kappa shape index (κ2) is 11.8. The van der Waals surface area contributed by atoms with E-state index in [0.717, 1.165) is 10.8 Å². The van der Waals surface area contributed by atoms with Gasteiger partial charge in [0.25, 0.3) is 10.0 Å². The van der Waals surface area contributed by atoms with Gasteiger partial charge in [-0.1, -0.05) is 30.3 Å². The third-order valence-corrected chi connectivity index (χ3v) is 9.22. The van der Waals surface area contributed by atoms with Crippen LogP contribution in [0.3, 0.4) is 0 Å². The minimum Gasteiger partial charge on any atom is -0.383 e. The molecule has 1 aliphatic heterocycles. The molecule has 0 spiro atoms. The SMILES string of the molecule is CC(C)OCCCNc1ccc(S(=O)(=O)N2CCOCC2)cc1NS(=O)(=O)c1ccc2ccccc2c1. The fourth-order valence-electron chi connectivity index (χ4n) is 4.01. The van der Waals surface area contributed by atoms with Crippen molar-refractivity contribution in [2.75, 3.05) is 49.5 Å². The average molecular weight is 548 g/mol. The average Bonchev–Trinajstić information content (AvgIpc) is 2.89. The van der Waals surface area contributed by atoms with E-state index < -0.39 is 20.0 Å². The Hall–Kier alpha value is -2.70. The third-order valence-electron chi connectivity index (χ3n) is 5.96. The summed E-state index contributed by atoms with van der Waals surface area (Å²) >= 11 is 0. The van der Waals surface area contributed by atoms with Crippen LogP contribution in [0.25, 0.3) is 10.8 Å². The lowest BCUT2D eigenvalue weighted by atomic mass is 10.1. The van der Waals surface area contributed by atoms with Gasteiger partial charge in [-0.25, -0.2) is 16.8 Å². The number of hydrogen-bond acceptors (Lipinski definition) is 7. The monoisotopic (exact) mass is 547 g/mol. The molecule has 11 heteroatoms. The summed E-state index contributed by atoms with van der Waals surface area (Å²) in [5.41, 5.74) is 0.641. The maximum Gasteiger partial charge on any atom is 0.261 e. The Kier molecular flexibility index (Phi) is 8.71. The lowest BCUT2D eigenvalue weighted by Gasteiger charge is -2.26. The highest BCUT2D eigenvalue weighted by Gasteiger charge is 2.28. The van der Waals surface area contributed by atoms with Gasteiger partial charge in [0.05, 0.1) is 40.5 Å². The van der Waals surface area contributed by atoms with Crippen LogP contribution in [0.2, 0.25) is 0 Å². The molecule has 0 aliphatic carbocycles. The molecule has 0 atom stereocenters. The van der Waals surface area contributed by atoms with E-state index in [1.165, 1.54) is 22.5 Å². The summed E-state index contributed by atoms with van der Waals surface area (Å²) in [4.78, 5) is 0.100. The van der Waals surface area contributed by atoms with Crippen molar-refractivity contribution in [2.24, 2.45) is 0 Å². The maximum atomic E-state index is 13.4. The van der Waals surface area contributed by atoms with Gasteiger partial charge in [0.1, 0.15) is 0 Å². The number of anilines is 2. The molecule has 9 nitrogen and oxygen atoms in total. The molecule has 1 fully saturated rings. The van der Waals surface area contributed by atoms with E-state index in [1.54, 1.807) is 18.2 Å². The van der Waals surface area contributed by atoms with E-state index in [1.807, 2.05) is 38.1 Å². The fourth-order valence-corrected chi connectivity index (χ4v) is 6.55. The molecule has 0 radical (unpaired) electrons. The van der Waals surface area contributed by atoms with Gasteiger partial charge in [0.2, 0.25) is 10.0 Å². The molecule has 3 aromatic carbocycles. The number of rotatable bonds is 11. The molecule has 1 aliphatic rings. The second-order valence-electron chi connectivity index (χ2n) is 9.04. The van der Waals surface area contributed by atoms with Crippen LogP contribution in [0, 0.1) is 0 Å². The lowest BCUT2D eigenvalue weighted by molar-refractivity contribution is 0.0730. The molecule has 3 aromatic rings. The minimum atomic E-state index is -4.00. The first-order valence-electron chi connectivity index (χ1n) is 12.3. The number of benzene rings is 3. The summed E-state index contributed by atoms with van der Waals surface area (Å²) in [7, 11) is -7.82. The largest absolute Gasteiger partial charge is 0.383 e. The van der Waals surface area contributed by atoms with E-state index in [9.17, 15) is 16.8 Å². The quantitative estimate of drug-likeness (QED) is 0.350. The van der Waals surface area contributed by atoms with Crippen molar-refractivity contribution >= 4 is 42.2 Å². The minimum absolute atomic E-state index is 0.0132. The first-order chi connectivity index (χ1) is 17.7. The summed E-state index contributed by atoms with van der Waals surface area (Å²) in [5, 5.41) is 4.93. The molecule has 200 valence electrons. The Morgan fingerprint density at radius 3 is 2.32 bits per heavy atom. The van der Waals surface area contributed by atoms with Crippen LogP contribution in [0.1, 0.15) is 20.3 Å². The first kappa shape index (κ1) is 27.3. The number of nitrogens with zero attached hydrogens (tertiary/aromatic N) is 1. The Balaban J connectivity index is 1.63. The molecule has 0 aromatic heterocycles. The second-order valence-corrected chi connectivity index (χ2v) is 12.7. The van der Waals surface area contributed by atoms with Crippen LogP contribution in [0.5, 0.6) is 0 Å². The molecule has 2 N–H and O–H groups in total. The predicted octanol–water partition coefficient (Wildman–Crippen LogP) is 3.89. The predicted molar refractivity (Wildman–Crippen MR) is 145 cm³/mol.